The standard InChI is InChI=1S/C32H37ClN6O4/c1-4-27(38(40)41)8-5-23(2)21-37(22-25-6-9-29(39(42)43)19-24(25)3)28-12-16-36(17-13-28)18-15-35-31-11-14-34-32-20-26(33)7-10-30(31)32/h4-11,14,19-20,28H,1,12-13,15-18,21-22H2,2-3H3,(H,34,35)/b23-5+,27-8+. The summed E-state index contributed by atoms with van der Waals surface area (Å²) in [6.07, 6.45) is 8.22. The first kappa shape index (κ1) is 31.8. The Kier molecular flexibility index (Phi) is 11.0. The Morgan fingerprint density at radius 2 is 1.93 bits per heavy atom. The van der Waals surface area contributed by atoms with Crippen LogP contribution in [0.5, 0.6) is 0 Å². The van der Waals surface area contributed by atoms with Crippen LogP contribution in [-0.2, 0) is 6.54 Å². The lowest BCUT2D eigenvalue weighted by Crippen LogP contribution is -2.46. The Bertz CT molecular complexity index is 1550. The molecular weight excluding hydrogens is 568 g/mol. The number of rotatable bonds is 13. The SMILES string of the molecule is C=C/C(=C\C=C(/C)CN(Cc1ccc([N+](=O)[O-])cc1C)C1CCN(CCNc2ccnc3cc(Cl)ccc23)CC1)[N+](=O)[O-]. The number of pyridine rings is 1. The zero-order chi connectivity index (χ0) is 30.9. The molecule has 4 rings (SSSR count). The number of aryl methyl sites for hydroxylation is 1. The lowest BCUT2D eigenvalue weighted by Gasteiger charge is -2.39. The highest BCUT2D eigenvalue weighted by molar-refractivity contribution is 6.31. The maximum absolute atomic E-state index is 11.2. The molecule has 0 atom stereocenters. The maximum Gasteiger partial charge on any atom is 0.269 e. The van der Waals surface area contributed by atoms with Crippen molar-refractivity contribution in [3.05, 3.63) is 121 Å². The highest BCUT2D eigenvalue weighted by atomic mass is 35.5. The van der Waals surface area contributed by atoms with Crippen molar-refractivity contribution >= 4 is 33.9 Å². The van der Waals surface area contributed by atoms with Crippen molar-refractivity contribution in [2.75, 3.05) is 38.0 Å². The molecule has 1 saturated heterocycles. The van der Waals surface area contributed by atoms with Crippen molar-refractivity contribution in [1.82, 2.24) is 14.8 Å². The minimum absolute atomic E-state index is 0.0532. The normalized spacial score (nSPS) is 15.2. The van der Waals surface area contributed by atoms with E-state index in [1.54, 1.807) is 24.4 Å². The van der Waals surface area contributed by atoms with Crippen LogP contribution in [0.1, 0.15) is 30.9 Å². The van der Waals surface area contributed by atoms with Gasteiger partial charge >= 0.3 is 0 Å². The molecule has 0 spiro atoms. The van der Waals surface area contributed by atoms with E-state index in [4.69, 9.17) is 11.6 Å². The summed E-state index contributed by atoms with van der Waals surface area (Å²) in [5.74, 6) is 0. The van der Waals surface area contributed by atoms with Crippen molar-refractivity contribution < 1.29 is 9.85 Å². The molecule has 11 heteroatoms. The third-order valence-electron chi connectivity index (χ3n) is 7.84. The van der Waals surface area contributed by atoms with E-state index in [9.17, 15) is 20.2 Å². The van der Waals surface area contributed by atoms with Crippen molar-refractivity contribution in [3.8, 4) is 0 Å². The van der Waals surface area contributed by atoms with E-state index in [0.717, 1.165) is 72.3 Å². The van der Waals surface area contributed by atoms with Crippen LogP contribution in [0.25, 0.3) is 10.9 Å². The number of fused-ring (bicyclic) bond motifs is 1. The molecule has 2 aromatic carbocycles. The largest absolute Gasteiger partial charge is 0.383 e. The number of nitro groups is 2. The number of hydrogen-bond donors (Lipinski definition) is 1. The summed E-state index contributed by atoms with van der Waals surface area (Å²) in [7, 11) is 0. The molecule has 1 aromatic heterocycles. The Labute approximate surface area is 256 Å². The highest BCUT2D eigenvalue weighted by Crippen LogP contribution is 2.26. The van der Waals surface area contributed by atoms with Gasteiger partial charge in [-0.2, -0.15) is 0 Å². The molecule has 3 aromatic rings. The summed E-state index contributed by atoms with van der Waals surface area (Å²) in [6.45, 7) is 12.2. The van der Waals surface area contributed by atoms with Crippen LogP contribution < -0.4 is 5.32 Å². The molecule has 0 amide bonds. The molecule has 0 bridgehead atoms. The summed E-state index contributed by atoms with van der Waals surface area (Å²) >= 11 is 6.13. The first-order valence-electron chi connectivity index (χ1n) is 14.3. The van der Waals surface area contributed by atoms with Gasteiger partial charge in [0.2, 0.25) is 0 Å². The van der Waals surface area contributed by atoms with E-state index in [2.05, 4.69) is 26.7 Å². The number of anilines is 1. The number of piperidine rings is 1. The highest BCUT2D eigenvalue weighted by Gasteiger charge is 2.25. The fourth-order valence-electron chi connectivity index (χ4n) is 5.44. The topological polar surface area (TPSA) is 118 Å². The Hall–Kier alpha value is -4.12. The number of non-ortho nitro benzene ring substituents is 1. The van der Waals surface area contributed by atoms with Gasteiger partial charge in [-0.05, 0) is 75.2 Å². The van der Waals surface area contributed by atoms with Gasteiger partial charge in [0.05, 0.1) is 15.4 Å². The number of nitro benzene ring substituents is 1. The van der Waals surface area contributed by atoms with E-state index in [-0.39, 0.29) is 16.3 Å². The van der Waals surface area contributed by atoms with Crippen molar-refractivity contribution in [2.24, 2.45) is 0 Å². The van der Waals surface area contributed by atoms with Gasteiger partial charge in [0.1, 0.15) is 0 Å². The van der Waals surface area contributed by atoms with Gasteiger partial charge in [-0.3, -0.25) is 30.1 Å². The summed E-state index contributed by atoms with van der Waals surface area (Å²) in [6, 6.07) is 13.0. The zero-order valence-corrected chi connectivity index (χ0v) is 25.3. The average Bonchev–Trinajstić information content (AvgIpc) is 2.98. The van der Waals surface area contributed by atoms with Crippen LogP contribution in [0, 0.1) is 27.2 Å². The summed E-state index contributed by atoms with van der Waals surface area (Å²) in [5.41, 5.74) is 4.81. The van der Waals surface area contributed by atoms with Gasteiger partial charge in [0.25, 0.3) is 11.4 Å². The third-order valence-corrected chi connectivity index (χ3v) is 8.08. The minimum Gasteiger partial charge on any atom is -0.383 e. The van der Waals surface area contributed by atoms with Gasteiger partial charge in [0.15, 0.2) is 0 Å². The molecule has 2 heterocycles. The van der Waals surface area contributed by atoms with Crippen molar-refractivity contribution in [1.29, 1.82) is 0 Å². The van der Waals surface area contributed by atoms with Gasteiger partial charge in [-0.25, -0.2) is 0 Å². The second-order valence-electron chi connectivity index (χ2n) is 10.9. The van der Waals surface area contributed by atoms with Gasteiger partial charge in [-0.15, -0.1) is 0 Å². The van der Waals surface area contributed by atoms with Crippen LogP contribution >= 0.6 is 11.6 Å². The molecule has 1 aliphatic heterocycles. The summed E-state index contributed by atoms with van der Waals surface area (Å²) in [4.78, 5) is 30.9. The van der Waals surface area contributed by atoms with Crippen LogP contribution in [-0.4, -0.2) is 63.4 Å². The number of aromatic nitrogens is 1. The quantitative estimate of drug-likeness (QED) is 0.129. The van der Waals surface area contributed by atoms with Crippen LogP contribution in [0.15, 0.2) is 84.7 Å². The number of benzene rings is 2. The Balaban J connectivity index is 1.40. The molecule has 0 unspecified atom stereocenters. The number of nitrogens with zero attached hydrogens (tertiary/aromatic N) is 5. The number of nitrogens with one attached hydrogen (secondary N) is 1. The van der Waals surface area contributed by atoms with E-state index in [1.807, 2.05) is 44.2 Å². The number of allylic oxidation sites excluding steroid dienone is 3. The third kappa shape index (κ3) is 8.70. The Morgan fingerprint density at radius 1 is 1.16 bits per heavy atom. The first-order chi connectivity index (χ1) is 20.6. The fourth-order valence-corrected chi connectivity index (χ4v) is 5.61. The number of likely N-dealkylation sites (tertiary alicyclic amines) is 1. The first-order valence-corrected chi connectivity index (χ1v) is 14.6. The van der Waals surface area contributed by atoms with Crippen molar-refractivity contribution in [3.63, 3.8) is 0 Å². The molecule has 1 aliphatic rings. The molecule has 43 heavy (non-hydrogen) atoms. The van der Waals surface area contributed by atoms with Crippen molar-refractivity contribution in [2.45, 2.75) is 39.3 Å². The molecular formula is C32H37ClN6O4. The second-order valence-corrected chi connectivity index (χ2v) is 11.3. The van der Waals surface area contributed by atoms with E-state index in [0.29, 0.717) is 24.2 Å². The van der Waals surface area contributed by atoms with Gasteiger partial charge in [-0.1, -0.05) is 35.9 Å². The lowest BCUT2D eigenvalue weighted by molar-refractivity contribution is -0.418. The second kappa shape index (κ2) is 14.9. The number of halogens is 1. The average molecular weight is 605 g/mol. The maximum atomic E-state index is 11.2. The van der Waals surface area contributed by atoms with Crippen LogP contribution in [0.4, 0.5) is 11.4 Å². The monoisotopic (exact) mass is 604 g/mol. The van der Waals surface area contributed by atoms with Gasteiger partial charge < -0.3 is 10.2 Å². The molecule has 226 valence electrons. The molecule has 1 fully saturated rings. The Morgan fingerprint density at radius 3 is 2.60 bits per heavy atom. The van der Waals surface area contributed by atoms with Crippen LogP contribution in [0.3, 0.4) is 0 Å². The fraction of sp³-hybridized carbons (Fsp3) is 0.344. The van der Waals surface area contributed by atoms with Gasteiger partial charge in [0, 0.05) is 78.8 Å². The minimum atomic E-state index is -0.452. The number of hydrogen-bond acceptors (Lipinski definition) is 8. The van der Waals surface area contributed by atoms with E-state index >= 15 is 0 Å². The predicted octanol–water partition coefficient (Wildman–Crippen LogP) is 6.78. The molecule has 0 aliphatic carbocycles. The lowest BCUT2D eigenvalue weighted by atomic mass is 10.00. The molecule has 1 N–H and O–H groups in total. The smallest absolute Gasteiger partial charge is 0.269 e. The molecule has 0 saturated carbocycles. The summed E-state index contributed by atoms with van der Waals surface area (Å²) < 4.78 is 0. The molecule has 10 nitrogen and oxygen atoms in total. The van der Waals surface area contributed by atoms with E-state index in [1.165, 1.54) is 12.2 Å². The molecule has 0 radical (unpaired) electrons. The predicted molar refractivity (Wildman–Crippen MR) is 172 cm³/mol. The van der Waals surface area contributed by atoms with E-state index < -0.39 is 4.92 Å². The zero-order valence-electron chi connectivity index (χ0n) is 24.5. The summed E-state index contributed by atoms with van der Waals surface area (Å²) in [5, 5.41) is 27.7. The van der Waals surface area contributed by atoms with Crippen LogP contribution in [0.2, 0.25) is 5.02 Å².